The van der Waals surface area contributed by atoms with Gasteiger partial charge < -0.3 is 5.32 Å². The second-order valence-corrected chi connectivity index (χ2v) is 6.71. The largest absolute Gasteiger partial charge is 0.352 e. The second-order valence-electron chi connectivity index (χ2n) is 5.80. The van der Waals surface area contributed by atoms with Crippen LogP contribution in [0.5, 0.6) is 0 Å². The maximum absolute atomic E-state index is 12.0. The number of carbonyl (C=O) groups excluding carboxylic acids is 3. The predicted molar refractivity (Wildman–Crippen MR) is 89.1 cm³/mol. The molecule has 1 aromatic carbocycles. The Labute approximate surface area is 138 Å². The lowest BCUT2D eigenvalue weighted by atomic mass is 10.1. The Bertz CT molecular complexity index is 752. The molecule has 1 saturated heterocycles. The van der Waals surface area contributed by atoms with E-state index in [1.165, 1.54) is 15.6 Å². The van der Waals surface area contributed by atoms with Gasteiger partial charge in [-0.05, 0) is 35.7 Å². The third-order valence-corrected chi connectivity index (χ3v) is 4.96. The monoisotopic (exact) mass is 330 g/mol. The van der Waals surface area contributed by atoms with E-state index in [-0.39, 0.29) is 43.1 Å². The van der Waals surface area contributed by atoms with Crippen molar-refractivity contribution in [1.82, 2.24) is 10.2 Å². The van der Waals surface area contributed by atoms with Crippen LogP contribution in [0.15, 0.2) is 29.6 Å². The maximum Gasteiger partial charge on any atom is 0.240 e. The Morgan fingerprint density at radius 1 is 1.26 bits per heavy atom. The van der Waals surface area contributed by atoms with Gasteiger partial charge in [0.1, 0.15) is 6.54 Å². The summed E-state index contributed by atoms with van der Waals surface area (Å²) in [6.45, 7) is 1.75. The summed E-state index contributed by atoms with van der Waals surface area (Å²) in [5.41, 5.74) is 1.20. The normalized spacial score (nSPS) is 16.1. The van der Waals surface area contributed by atoms with E-state index >= 15 is 0 Å². The molecule has 0 bridgehead atoms. The van der Waals surface area contributed by atoms with Gasteiger partial charge in [0.2, 0.25) is 17.7 Å². The van der Waals surface area contributed by atoms with Gasteiger partial charge in [-0.25, -0.2) is 0 Å². The second kappa shape index (κ2) is 6.50. The van der Waals surface area contributed by atoms with E-state index in [1.54, 1.807) is 11.3 Å². The number of likely N-dealkylation sites (tertiary alicyclic amines) is 1. The summed E-state index contributed by atoms with van der Waals surface area (Å²) >= 11 is 1.69. The highest BCUT2D eigenvalue weighted by Gasteiger charge is 2.30. The molecule has 3 amide bonds. The summed E-state index contributed by atoms with van der Waals surface area (Å²) in [6.07, 6.45) is 1.14. The highest BCUT2D eigenvalue weighted by Crippen LogP contribution is 2.26. The highest BCUT2D eigenvalue weighted by molar-refractivity contribution is 7.17. The fourth-order valence-corrected chi connectivity index (χ4v) is 3.81. The van der Waals surface area contributed by atoms with E-state index in [0.717, 1.165) is 11.3 Å². The van der Waals surface area contributed by atoms with Gasteiger partial charge >= 0.3 is 0 Å². The van der Waals surface area contributed by atoms with E-state index < -0.39 is 0 Å². The lowest BCUT2D eigenvalue weighted by Gasteiger charge is -2.17. The lowest BCUT2D eigenvalue weighted by molar-refractivity contribution is -0.142. The molecule has 1 N–H and O–H groups in total. The van der Waals surface area contributed by atoms with Crippen molar-refractivity contribution >= 4 is 39.1 Å². The molecule has 3 rings (SSSR count). The summed E-state index contributed by atoms with van der Waals surface area (Å²) in [5.74, 6) is -0.816. The molecule has 6 heteroatoms. The molecule has 1 atom stereocenters. The molecule has 2 heterocycles. The number of rotatable bonds is 5. The number of imide groups is 1. The molecule has 0 aliphatic carbocycles. The van der Waals surface area contributed by atoms with E-state index in [1.807, 2.05) is 19.1 Å². The minimum Gasteiger partial charge on any atom is -0.352 e. The minimum absolute atomic E-state index is 0.0617. The van der Waals surface area contributed by atoms with Gasteiger partial charge in [-0.3, -0.25) is 19.3 Å². The van der Waals surface area contributed by atoms with Crippen LogP contribution in [0.25, 0.3) is 10.1 Å². The van der Waals surface area contributed by atoms with Crippen molar-refractivity contribution in [3.8, 4) is 0 Å². The molecular formula is C17H18N2O3S. The zero-order valence-electron chi connectivity index (χ0n) is 12.9. The Hall–Kier alpha value is -2.21. The van der Waals surface area contributed by atoms with Crippen LogP contribution in [-0.4, -0.2) is 35.2 Å². The number of carbonyl (C=O) groups is 3. The maximum atomic E-state index is 12.0. The molecule has 0 radical (unpaired) electrons. The smallest absolute Gasteiger partial charge is 0.240 e. The highest BCUT2D eigenvalue weighted by atomic mass is 32.1. The summed E-state index contributed by atoms with van der Waals surface area (Å²) < 4.78 is 1.23. The average molecular weight is 330 g/mol. The van der Waals surface area contributed by atoms with Crippen molar-refractivity contribution in [2.75, 3.05) is 6.54 Å². The first-order chi connectivity index (χ1) is 11.0. The van der Waals surface area contributed by atoms with Crippen LogP contribution in [0.1, 0.15) is 25.3 Å². The quantitative estimate of drug-likeness (QED) is 0.854. The molecule has 1 aliphatic heterocycles. The molecule has 0 spiro atoms. The zero-order chi connectivity index (χ0) is 16.4. The number of thiophene rings is 1. The van der Waals surface area contributed by atoms with Crippen LogP contribution in [-0.2, 0) is 20.8 Å². The molecule has 2 aromatic rings. The Morgan fingerprint density at radius 3 is 2.70 bits per heavy atom. The first kappa shape index (κ1) is 15.7. The number of amides is 3. The van der Waals surface area contributed by atoms with Gasteiger partial charge in [-0.15, -0.1) is 11.3 Å². The van der Waals surface area contributed by atoms with E-state index in [9.17, 15) is 14.4 Å². The Morgan fingerprint density at radius 2 is 1.96 bits per heavy atom. The third-order valence-electron chi connectivity index (χ3n) is 3.95. The molecule has 1 aliphatic rings. The van der Waals surface area contributed by atoms with Crippen molar-refractivity contribution in [3.05, 3.63) is 35.2 Å². The van der Waals surface area contributed by atoms with Crippen molar-refractivity contribution in [3.63, 3.8) is 0 Å². The first-order valence-electron chi connectivity index (χ1n) is 7.62. The minimum atomic E-state index is -0.291. The number of nitrogens with one attached hydrogen (secondary N) is 1. The summed E-state index contributed by atoms with van der Waals surface area (Å²) in [4.78, 5) is 36.2. The van der Waals surface area contributed by atoms with Gasteiger partial charge in [0, 0.05) is 23.6 Å². The van der Waals surface area contributed by atoms with Crippen molar-refractivity contribution in [2.45, 2.75) is 32.2 Å². The van der Waals surface area contributed by atoms with E-state index in [0.29, 0.717) is 0 Å². The first-order valence-corrected chi connectivity index (χ1v) is 8.50. The topological polar surface area (TPSA) is 66.5 Å². The van der Waals surface area contributed by atoms with E-state index in [4.69, 9.17) is 0 Å². The van der Waals surface area contributed by atoms with Crippen LogP contribution >= 0.6 is 11.3 Å². The number of benzene rings is 1. The molecule has 120 valence electrons. The molecule has 23 heavy (non-hydrogen) atoms. The molecule has 0 saturated carbocycles. The van der Waals surface area contributed by atoms with Gasteiger partial charge in [0.05, 0.1) is 0 Å². The number of nitrogens with zero attached hydrogens (tertiary/aromatic N) is 1. The number of hydrogen-bond donors (Lipinski definition) is 1. The van der Waals surface area contributed by atoms with E-state index in [2.05, 4.69) is 22.8 Å². The number of hydrogen-bond acceptors (Lipinski definition) is 4. The SMILES string of the molecule is C[C@@H](Cc1csc2ccccc12)NC(=O)CN1C(=O)CCC1=O. The molecule has 1 aromatic heterocycles. The van der Waals surface area contributed by atoms with Crippen molar-refractivity contribution in [1.29, 1.82) is 0 Å². The summed E-state index contributed by atoms with van der Waals surface area (Å²) in [7, 11) is 0. The predicted octanol–water partition coefficient (Wildman–Crippen LogP) is 2.10. The van der Waals surface area contributed by atoms with Gasteiger partial charge in [-0.2, -0.15) is 0 Å². The lowest BCUT2D eigenvalue weighted by Crippen LogP contribution is -2.43. The summed E-state index contributed by atoms with van der Waals surface area (Å²) in [5, 5.41) is 6.19. The molecular weight excluding hydrogens is 312 g/mol. The van der Waals surface area contributed by atoms with Crippen molar-refractivity contribution in [2.24, 2.45) is 0 Å². The fourth-order valence-electron chi connectivity index (χ4n) is 2.84. The standard InChI is InChI=1S/C17H18N2O3S/c1-11(8-12-10-23-14-5-3-2-4-13(12)14)18-15(20)9-19-16(21)6-7-17(19)22/h2-5,10-11H,6-9H2,1H3,(H,18,20)/t11-/m0/s1. The Balaban J connectivity index is 1.58. The van der Waals surface area contributed by atoms with Crippen LogP contribution in [0, 0.1) is 0 Å². The Kier molecular flexibility index (Phi) is 4.43. The van der Waals surface area contributed by atoms with Crippen LogP contribution in [0.4, 0.5) is 0 Å². The third kappa shape index (κ3) is 3.42. The van der Waals surface area contributed by atoms with Gasteiger partial charge in [0.15, 0.2) is 0 Å². The van der Waals surface area contributed by atoms with Crippen LogP contribution in [0.2, 0.25) is 0 Å². The van der Waals surface area contributed by atoms with Crippen LogP contribution in [0.3, 0.4) is 0 Å². The molecule has 1 fully saturated rings. The zero-order valence-corrected chi connectivity index (χ0v) is 13.7. The average Bonchev–Trinajstić information content (AvgIpc) is 3.06. The van der Waals surface area contributed by atoms with Gasteiger partial charge in [-0.1, -0.05) is 18.2 Å². The fraction of sp³-hybridized carbons (Fsp3) is 0.353. The molecule has 0 unspecified atom stereocenters. The summed E-state index contributed by atoms with van der Waals surface area (Å²) in [6, 6.07) is 8.12. The number of fused-ring (bicyclic) bond motifs is 1. The van der Waals surface area contributed by atoms with Crippen LogP contribution < -0.4 is 5.32 Å². The van der Waals surface area contributed by atoms with Crippen molar-refractivity contribution < 1.29 is 14.4 Å². The van der Waals surface area contributed by atoms with Gasteiger partial charge in [0.25, 0.3) is 0 Å². The molecule has 5 nitrogen and oxygen atoms in total.